The van der Waals surface area contributed by atoms with Crippen molar-refractivity contribution in [2.24, 2.45) is 0 Å². The van der Waals surface area contributed by atoms with Crippen LogP contribution in [0.15, 0.2) is 48.5 Å². The molecule has 2 heterocycles. The number of nitrogens with one attached hydrogen (secondary N) is 2. The Bertz CT molecular complexity index is 1020. The summed E-state index contributed by atoms with van der Waals surface area (Å²) in [7, 11) is 1.61. The van der Waals surface area contributed by atoms with Crippen molar-refractivity contribution in [3.05, 3.63) is 70.6 Å². The quantitative estimate of drug-likeness (QED) is 0.689. The zero-order valence-electron chi connectivity index (χ0n) is 15.1. The summed E-state index contributed by atoms with van der Waals surface area (Å²) >= 11 is 5.84. The number of rotatable bonds is 5. The molecule has 28 heavy (non-hydrogen) atoms. The lowest BCUT2D eigenvalue weighted by Crippen LogP contribution is -2.45. The van der Waals surface area contributed by atoms with Gasteiger partial charge in [-0.05, 0) is 48.0 Å². The van der Waals surface area contributed by atoms with Crippen molar-refractivity contribution in [2.75, 3.05) is 13.7 Å². The zero-order chi connectivity index (χ0) is 19.7. The van der Waals surface area contributed by atoms with Crippen LogP contribution in [0.5, 0.6) is 5.75 Å². The zero-order valence-corrected chi connectivity index (χ0v) is 15.8. The van der Waals surface area contributed by atoms with E-state index in [1.54, 1.807) is 30.0 Å². The van der Waals surface area contributed by atoms with Crippen LogP contribution in [0.2, 0.25) is 5.02 Å². The van der Waals surface area contributed by atoms with Gasteiger partial charge < -0.3 is 10.1 Å². The van der Waals surface area contributed by atoms with Gasteiger partial charge in [0.05, 0.1) is 24.4 Å². The minimum Gasteiger partial charge on any atom is -0.497 e. The molecule has 4 rings (SSSR count). The number of carbonyl (C=O) groups is 1. The molecule has 0 saturated carbocycles. The van der Waals surface area contributed by atoms with Crippen LogP contribution in [0.3, 0.4) is 0 Å². The number of nitrogens with zero attached hydrogens (tertiary/aromatic N) is 2. The van der Waals surface area contributed by atoms with Crippen molar-refractivity contribution in [2.45, 2.75) is 12.7 Å². The van der Waals surface area contributed by atoms with E-state index in [0.29, 0.717) is 24.5 Å². The number of fused-ring (bicyclic) bond motifs is 1. The monoisotopic (exact) mass is 400 g/mol. The number of ether oxygens (including phenoxy) is 1. The lowest BCUT2D eigenvalue weighted by Gasteiger charge is -2.25. The third kappa shape index (κ3) is 3.58. The molecule has 2 aromatic carbocycles. The predicted molar refractivity (Wildman–Crippen MR) is 104 cm³/mol. The topological polar surface area (TPSA) is 68.2 Å². The Morgan fingerprint density at radius 3 is 2.79 bits per heavy atom. The molecule has 144 valence electrons. The van der Waals surface area contributed by atoms with Gasteiger partial charge in [-0.15, -0.1) is 0 Å². The maximum Gasteiger partial charge on any atom is 0.269 e. The summed E-state index contributed by atoms with van der Waals surface area (Å²) in [5, 5.41) is 10.9. The summed E-state index contributed by atoms with van der Waals surface area (Å²) < 4.78 is 20.2. The summed E-state index contributed by atoms with van der Waals surface area (Å²) in [5.41, 5.74) is 2.91. The van der Waals surface area contributed by atoms with Crippen molar-refractivity contribution in [1.29, 1.82) is 0 Å². The fourth-order valence-electron chi connectivity index (χ4n) is 3.11. The Kier molecular flexibility index (Phi) is 5.02. The fraction of sp³-hybridized carbons (Fsp3) is 0.200. The van der Waals surface area contributed by atoms with Crippen molar-refractivity contribution in [3.8, 4) is 17.0 Å². The second-order valence-electron chi connectivity index (χ2n) is 6.44. The Balaban J connectivity index is 1.56. The highest BCUT2D eigenvalue weighted by Gasteiger charge is 2.27. The third-order valence-electron chi connectivity index (χ3n) is 4.63. The van der Waals surface area contributed by atoms with E-state index in [-0.39, 0.29) is 17.1 Å². The highest BCUT2D eigenvalue weighted by molar-refractivity contribution is 6.30. The molecule has 0 spiro atoms. The van der Waals surface area contributed by atoms with Crippen LogP contribution in [0, 0.1) is 5.82 Å². The first-order valence-corrected chi connectivity index (χ1v) is 9.12. The summed E-state index contributed by atoms with van der Waals surface area (Å²) in [5.74, 6) is 0.131. The Labute approximate surface area is 166 Å². The molecule has 1 amide bonds. The van der Waals surface area contributed by atoms with Crippen LogP contribution in [-0.4, -0.2) is 29.3 Å². The molecule has 0 radical (unpaired) electrons. The molecule has 2 N–H and O–H groups in total. The number of hydrogen-bond donors (Lipinski definition) is 2. The number of carbonyl (C=O) groups excluding carboxylic acids is 1. The van der Waals surface area contributed by atoms with Crippen LogP contribution in [0.4, 0.5) is 4.39 Å². The number of benzene rings is 2. The molecule has 1 aromatic heterocycles. The van der Waals surface area contributed by atoms with Crippen molar-refractivity contribution >= 4 is 17.5 Å². The van der Waals surface area contributed by atoms with E-state index in [1.807, 2.05) is 24.3 Å². The Morgan fingerprint density at radius 2 is 2.07 bits per heavy atom. The van der Waals surface area contributed by atoms with Crippen LogP contribution < -0.4 is 15.4 Å². The van der Waals surface area contributed by atoms with Crippen LogP contribution >= 0.6 is 11.6 Å². The van der Waals surface area contributed by atoms with E-state index in [0.717, 1.165) is 16.9 Å². The molecule has 8 heteroatoms. The molecule has 0 fully saturated rings. The average molecular weight is 401 g/mol. The van der Waals surface area contributed by atoms with Gasteiger partial charge in [0, 0.05) is 12.1 Å². The molecular formula is C20H18ClFN4O2. The van der Waals surface area contributed by atoms with Gasteiger partial charge in [-0.3, -0.25) is 10.1 Å². The standard InChI is InChI=1S/C20H18ClFN4O2/c1-28-14-5-3-13(4-6-14)17-9-18-20(27)24-11-19(26(18)25-17)23-10-12-2-7-16(22)15(21)8-12/h2-9,19,23H,10-11H2,1H3,(H,24,27)/t19-/m0/s1. The molecule has 1 aliphatic heterocycles. The van der Waals surface area contributed by atoms with Gasteiger partial charge in [0.15, 0.2) is 0 Å². The van der Waals surface area contributed by atoms with E-state index in [1.165, 1.54) is 6.07 Å². The van der Waals surface area contributed by atoms with Gasteiger partial charge in [-0.1, -0.05) is 17.7 Å². The largest absolute Gasteiger partial charge is 0.497 e. The average Bonchev–Trinajstić information content (AvgIpc) is 3.17. The number of hydrogen-bond acceptors (Lipinski definition) is 4. The van der Waals surface area contributed by atoms with Gasteiger partial charge in [-0.25, -0.2) is 9.07 Å². The summed E-state index contributed by atoms with van der Waals surface area (Å²) in [4.78, 5) is 12.3. The van der Waals surface area contributed by atoms with Gasteiger partial charge in [0.1, 0.15) is 23.4 Å². The van der Waals surface area contributed by atoms with Crippen LogP contribution in [-0.2, 0) is 6.54 Å². The van der Waals surface area contributed by atoms with Gasteiger partial charge in [0.25, 0.3) is 5.91 Å². The first kappa shape index (κ1) is 18.5. The Morgan fingerprint density at radius 1 is 1.29 bits per heavy atom. The van der Waals surface area contributed by atoms with Crippen LogP contribution in [0.1, 0.15) is 22.2 Å². The SMILES string of the molecule is COc1ccc(-c2cc3n(n2)[C@H](NCc2ccc(F)c(Cl)c2)CNC3=O)cc1. The minimum absolute atomic E-state index is 0.0813. The number of aromatic nitrogens is 2. The lowest BCUT2D eigenvalue weighted by atomic mass is 10.1. The maximum atomic E-state index is 13.3. The third-order valence-corrected chi connectivity index (χ3v) is 4.92. The maximum absolute atomic E-state index is 13.3. The number of methoxy groups -OCH3 is 1. The number of halogens is 2. The summed E-state index contributed by atoms with van der Waals surface area (Å²) in [6, 6.07) is 13.8. The fourth-order valence-corrected chi connectivity index (χ4v) is 3.32. The first-order chi connectivity index (χ1) is 13.5. The molecule has 1 aliphatic rings. The van der Waals surface area contributed by atoms with Crippen molar-refractivity contribution in [1.82, 2.24) is 20.4 Å². The summed E-state index contributed by atoms with van der Waals surface area (Å²) in [6.07, 6.45) is -0.233. The molecule has 1 atom stereocenters. The van der Waals surface area contributed by atoms with Crippen molar-refractivity contribution < 1.29 is 13.9 Å². The van der Waals surface area contributed by atoms with Gasteiger partial charge >= 0.3 is 0 Å². The molecular weight excluding hydrogens is 383 g/mol. The predicted octanol–water partition coefficient (Wildman–Crippen LogP) is 3.38. The smallest absolute Gasteiger partial charge is 0.269 e. The molecule has 0 saturated heterocycles. The van der Waals surface area contributed by atoms with E-state index < -0.39 is 5.82 Å². The molecule has 3 aromatic rings. The minimum atomic E-state index is -0.450. The highest BCUT2D eigenvalue weighted by Crippen LogP contribution is 2.25. The Hall–Kier alpha value is -2.90. The molecule has 0 unspecified atom stereocenters. The molecule has 0 bridgehead atoms. The van der Waals surface area contributed by atoms with E-state index in [9.17, 15) is 9.18 Å². The van der Waals surface area contributed by atoms with E-state index >= 15 is 0 Å². The lowest BCUT2D eigenvalue weighted by molar-refractivity contribution is 0.0900. The van der Waals surface area contributed by atoms with Crippen molar-refractivity contribution in [3.63, 3.8) is 0 Å². The molecule has 0 aliphatic carbocycles. The second kappa shape index (κ2) is 7.61. The number of amides is 1. The first-order valence-electron chi connectivity index (χ1n) is 8.74. The summed E-state index contributed by atoms with van der Waals surface area (Å²) in [6.45, 7) is 0.849. The molecule has 6 nitrogen and oxygen atoms in total. The van der Waals surface area contributed by atoms with Gasteiger partial charge in [0.2, 0.25) is 0 Å². The highest BCUT2D eigenvalue weighted by atomic mass is 35.5. The van der Waals surface area contributed by atoms with Gasteiger partial charge in [-0.2, -0.15) is 5.10 Å². The second-order valence-corrected chi connectivity index (χ2v) is 6.85. The van der Waals surface area contributed by atoms with E-state index in [4.69, 9.17) is 16.3 Å². The van der Waals surface area contributed by atoms with E-state index in [2.05, 4.69) is 15.7 Å². The normalized spacial score (nSPS) is 15.8. The van der Waals surface area contributed by atoms with Crippen LogP contribution in [0.25, 0.3) is 11.3 Å².